The van der Waals surface area contributed by atoms with Gasteiger partial charge in [-0.3, -0.25) is 0 Å². The van der Waals surface area contributed by atoms with Gasteiger partial charge in [0, 0.05) is 0 Å². The van der Waals surface area contributed by atoms with Gasteiger partial charge in [-0.15, -0.1) is 0 Å². The van der Waals surface area contributed by atoms with Crippen molar-refractivity contribution < 1.29 is 4.74 Å². The molecule has 1 aliphatic rings. The first-order valence-electron chi connectivity index (χ1n) is 6.09. The van der Waals surface area contributed by atoms with Crippen LogP contribution in [-0.2, 0) is 4.74 Å². The van der Waals surface area contributed by atoms with Crippen LogP contribution in [0.4, 0.5) is 0 Å². The van der Waals surface area contributed by atoms with Crippen LogP contribution in [-0.4, -0.2) is 6.61 Å². The van der Waals surface area contributed by atoms with E-state index in [2.05, 4.69) is 24.8 Å². The number of allylic oxidation sites excluding steroid dienone is 2. The summed E-state index contributed by atoms with van der Waals surface area (Å²) in [5.41, 5.74) is 2.61. The lowest BCUT2D eigenvalue weighted by molar-refractivity contribution is 0.252. The Morgan fingerprint density at radius 3 is 2.59 bits per heavy atom. The topological polar surface area (TPSA) is 9.23 Å². The van der Waals surface area contributed by atoms with Crippen LogP contribution in [0.5, 0.6) is 0 Å². The molecule has 0 radical (unpaired) electrons. The Labute approximate surface area is 103 Å². The predicted octanol–water partition coefficient (Wildman–Crippen LogP) is 4.34. The van der Waals surface area contributed by atoms with Gasteiger partial charge in [0.25, 0.3) is 0 Å². The fraction of sp³-hybridized carbons (Fsp3) is 0.250. The maximum Gasteiger partial charge on any atom is 0.118 e. The lowest BCUT2D eigenvalue weighted by Gasteiger charge is -2.19. The molecule has 17 heavy (non-hydrogen) atoms. The molecule has 1 nitrogen and oxygen atoms in total. The van der Waals surface area contributed by atoms with E-state index < -0.39 is 0 Å². The second-order valence-electron chi connectivity index (χ2n) is 4.15. The molecule has 1 heteroatoms. The molecule has 0 saturated heterocycles. The van der Waals surface area contributed by atoms with Gasteiger partial charge in [-0.2, -0.15) is 0 Å². The number of benzene rings is 1. The van der Waals surface area contributed by atoms with Crippen molar-refractivity contribution in [3.63, 3.8) is 0 Å². The molecule has 0 aromatic heterocycles. The molecule has 2 rings (SSSR count). The van der Waals surface area contributed by atoms with Crippen LogP contribution in [0.15, 0.2) is 60.4 Å². The summed E-state index contributed by atoms with van der Waals surface area (Å²) in [6, 6.07) is 10.2. The molecule has 0 aliphatic heterocycles. The molecule has 0 spiro atoms. The number of hydrogen-bond acceptors (Lipinski definition) is 1. The molecular weight excluding hydrogens is 208 g/mol. The zero-order valence-electron chi connectivity index (χ0n) is 10.1. The van der Waals surface area contributed by atoms with E-state index in [0.717, 1.165) is 5.76 Å². The SMILES string of the molecule is C=CC(OC/C=C/c1ccccc1)=C1CCC1. The monoisotopic (exact) mass is 226 g/mol. The van der Waals surface area contributed by atoms with Gasteiger partial charge >= 0.3 is 0 Å². The van der Waals surface area contributed by atoms with Crippen molar-refractivity contribution in [1.29, 1.82) is 0 Å². The molecule has 0 heterocycles. The third-order valence-electron chi connectivity index (χ3n) is 2.94. The summed E-state index contributed by atoms with van der Waals surface area (Å²) in [6.07, 6.45) is 9.57. The average Bonchev–Trinajstić information content (AvgIpc) is 2.32. The van der Waals surface area contributed by atoms with Gasteiger partial charge in [0.1, 0.15) is 12.4 Å². The van der Waals surface area contributed by atoms with Crippen molar-refractivity contribution in [1.82, 2.24) is 0 Å². The largest absolute Gasteiger partial charge is 0.490 e. The van der Waals surface area contributed by atoms with Gasteiger partial charge in [-0.1, -0.05) is 43.0 Å². The highest BCUT2D eigenvalue weighted by Gasteiger charge is 2.13. The van der Waals surface area contributed by atoms with Crippen molar-refractivity contribution in [2.24, 2.45) is 0 Å². The van der Waals surface area contributed by atoms with E-state index >= 15 is 0 Å². The van der Waals surface area contributed by atoms with E-state index in [1.54, 1.807) is 0 Å². The van der Waals surface area contributed by atoms with Crippen LogP contribution >= 0.6 is 0 Å². The minimum absolute atomic E-state index is 0.611. The molecule has 1 aromatic rings. The lowest BCUT2D eigenvalue weighted by Crippen LogP contribution is -2.03. The molecule has 1 aromatic carbocycles. The summed E-state index contributed by atoms with van der Waals surface area (Å²) >= 11 is 0. The van der Waals surface area contributed by atoms with Gasteiger partial charge in [-0.05, 0) is 42.6 Å². The van der Waals surface area contributed by atoms with Gasteiger partial charge in [0.15, 0.2) is 0 Å². The third kappa shape index (κ3) is 3.35. The summed E-state index contributed by atoms with van der Waals surface area (Å²) in [4.78, 5) is 0. The maximum absolute atomic E-state index is 5.69. The Morgan fingerprint density at radius 2 is 2.00 bits per heavy atom. The Morgan fingerprint density at radius 1 is 1.24 bits per heavy atom. The van der Waals surface area contributed by atoms with Crippen molar-refractivity contribution >= 4 is 6.08 Å². The normalized spacial score (nSPS) is 14.5. The standard InChI is InChI=1S/C16H18O/c1-2-16(15-11-6-12-15)17-13-7-10-14-8-4-3-5-9-14/h2-5,7-10H,1,6,11-13H2/b10-7+. The van der Waals surface area contributed by atoms with Crippen molar-refractivity contribution in [2.45, 2.75) is 19.3 Å². The lowest BCUT2D eigenvalue weighted by atomic mass is 9.91. The fourth-order valence-corrected chi connectivity index (χ4v) is 1.79. The van der Waals surface area contributed by atoms with Gasteiger partial charge in [-0.25, -0.2) is 0 Å². The van der Waals surface area contributed by atoms with E-state index in [1.807, 2.05) is 30.4 Å². The zero-order chi connectivity index (χ0) is 11.9. The van der Waals surface area contributed by atoms with E-state index in [9.17, 15) is 0 Å². The van der Waals surface area contributed by atoms with Crippen LogP contribution in [0, 0.1) is 0 Å². The first-order chi connectivity index (χ1) is 8.40. The molecule has 0 amide bonds. The highest BCUT2D eigenvalue weighted by molar-refractivity contribution is 5.48. The molecule has 1 aliphatic carbocycles. The van der Waals surface area contributed by atoms with Crippen molar-refractivity contribution in [3.8, 4) is 0 Å². The molecule has 0 bridgehead atoms. The zero-order valence-corrected chi connectivity index (χ0v) is 10.1. The molecular formula is C16H18O. The van der Waals surface area contributed by atoms with Crippen LogP contribution in [0.3, 0.4) is 0 Å². The summed E-state index contributed by atoms with van der Waals surface area (Å²) in [6.45, 7) is 4.40. The Balaban J connectivity index is 1.83. The van der Waals surface area contributed by atoms with Crippen LogP contribution in [0.2, 0.25) is 0 Å². The van der Waals surface area contributed by atoms with Crippen LogP contribution in [0.25, 0.3) is 6.08 Å². The number of rotatable bonds is 5. The highest BCUT2D eigenvalue weighted by Crippen LogP contribution is 2.29. The number of hydrogen-bond donors (Lipinski definition) is 0. The smallest absolute Gasteiger partial charge is 0.118 e. The summed E-state index contributed by atoms with van der Waals surface area (Å²) in [7, 11) is 0. The molecule has 1 saturated carbocycles. The van der Waals surface area contributed by atoms with Crippen molar-refractivity contribution in [3.05, 3.63) is 66.0 Å². The minimum atomic E-state index is 0.611. The molecule has 0 atom stereocenters. The Hall–Kier alpha value is -1.76. The minimum Gasteiger partial charge on any atom is -0.490 e. The Kier molecular flexibility index (Phi) is 4.20. The Bertz CT molecular complexity index is 420. The van der Waals surface area contributed by atoms with E-state index in [-0.39, 0.29) is 0 Å². The van der Waals surface area contributed by atoms with Crippen molar-refractivity contribution in [2.75, 3.05) is 6.61 Å². The summed E-state index contributed by atoms with van der Waals surface area (Å²) < 4.78 is 5.69. The van der Waals surface area contributed by atoms with Gasteiger partial charge in [0.05, 0.1) is 0 Å². The van der Waals surface area contributed by atoms with Gasteiger partial charge in [0.2, 0.25) is 0 Å². The van der Waals surface area contributed by atoms with Crippen LogP contribution < -0.4 is 0 Å². The average molecular weight is 226 g/mol. The molecule has 88 valence electrons. The maximum atomic E-state index is 5.69. The second kappa shape index (κ2) is 6.09. The van der Waals surface area contributed by atoms with E-state index in [0.29, 0.717) is 6.61 Å². The van der Waals surface area contributed by atoms with E-state index in [4.69, 9.17) is 4.74 Å². The predicted molar refractivity (Wildman–Crippen MR) is 72.5 cm³/mol. The first kappa shape index (κ1) is 11.7. The van der Waals surface area contributed by atoms with Crippen LogP contribution in [0.1, 0.15) is 24.8 Å². The summed E-state index contributed by atoms with van der Waals surface area (Å²) in [5, 5.41) is 0. The molecule has 1 fully saturated rings. The van der Waals surface area contributed by atoms with Gasteiger partial charge < -0.3 is 4.74 Å². The third-order valence-corrected chi connectivity index (χ3v) is 2.94. The quantitative estimate of drug-likeness (QED) is 0.679. The molecule has 0 N–H and O–H groups in total. The summed E-state index contributed by atoms with van der Waals surface area (Å²) in [5.74, 6) is 0.981. The second-order valence-corrected chi connectivity index (χ2v) is 4.15. The highest BCUT2D eigenvalue weighted by atomic mass is 16.5. The fourth-order valence-electron chi connectivity index (χ4n) is 1.79. The molecule has 0 unspecified atom stereocenters. The van der Waals surface area contributed by atoms with E-state index in [1.165, 1.54) is 30.4 Å². The first-order valence-corrected chi connectivity index (χ1v) is 6.09. The number of ether oxygens (including phenoxy) is 1.